The van der Waals surface area contributed by atoms with Crippen LogP contribution in [0.2, 0.25) is 0 Å². The Labute approximate surface area is 176 Å². The highest BCUT2D eigenvalue weighted by molar-refractivity contribution is 8.02. The van der Waals surface area contributed by atoms with Crippen LogP contribution >= 0.6 is 23.1 Å². The van der Waals surface area contributed by atoms with Gasteiger partial charge in [0, 0.05) is 30.6 Å². The molecular weight excluding hydrogens is 388 g/mol. The average molecular weight is 419 g/mol. The summed E-state index contributed by atoms with van der Waals surface area (Å²) in [6.07, 6.45) is 5.07. The Morgan fingerprint density at radius 1 is 1.39 bits per heavy atom. The lowest BCUT2D eigenvalue weighted by atomic mass is 10.0. The van der Waals surface area contributed by atoms with Crippen LogP contribution < -0.4 is 4.90 Å². The van der Waals surface area contributed by atoms with Gasteiger partial charge in [-0.05, 0) is 44.4 Å². The third kappa shape index (κ3) is 6.38. The number of aliphatic carboxylic acids is 1. The van der Waals surface area contributed by atoms with E-state index in [1.54, 1.807) is 13.8 Å². The topological polar surface area (TPSA) is 53.4 Å². The van der Waals surface area contributed by atoms with Crippen molar-refractivity contribution in [3.63, 3.8) is 0 Å². The molecule has 0 aliphatic rings. The molecule has 0 radical (unpaired) electrons. The number of aromatic nitrogens is 1. The van der Waals surface area contributed by atoms with Crippen molar-refractivity contribution in [2.24, 2.45) is 0 Å². The molecule has 0 bridgehead atoms. The zero-order chi connectivity index (χ0) is 20.7. The molecular formula is C22H30N2O2S2. The van der Waals surface area contributed by atoms with Gasteiger partial charge in [-0.2, -0.15) is 0 Å². The molecule has 0 aliphatic carbocycles. The number of hydrogen-bond acceptors (Lipinski definition) is 5. The molecule has 0 aliphatic heterocycles. The first kappa shape index (κ1) is 22.5. The van der Waals surface area contributed by atoms with Gasteiger partial charge in [-0.1, -0.05) is 49.9 Å². The van der Waals surface area contributed by atoms with Crippen LogP contribution in [-0.4, -0.2) is 33.9 Å². The second-order valence-electron chi connectivity index (χ2n) is 7.54. The lowest BCUT2D eigenvalue weighted by Crippen LogP contribution is -2.27. The number of carbonyl (C=O) groups is 1. The number of nitrogens with zero attached hydrogens (tertiary/aromatic N) is 2. The van der Waals surface area contributed by atoms with Crippen molar-refractivity contribution in [2.75, 3.05) is 18.0 Å². The predicted octanol–water partition coefficient (Wildman–Crippen LogP) is 5.85. The summed E-state index contributed by atoms with van der Waals surface area (Å²) in [4.78, 5) is 18.3. The van der Waals surface area contributed by atoms with E-state index in [1.165, 1.54) is 34.3 Å². The lowest BCUT2D eigenvalue weighted by molar-refractivity contribution is -0.138. The number of thioether (sulfide) groups is 1. The minimum absolute atomic E-state index is 0.499. The molecule has 2 aromatic rings. The molecule has 1 aromatic carbocycles. The van der Waals surface area contributed by atoms with Crippen LogP contribution in [0, 0.1) is 0 Å². The van der Waals surface area contributed by atoms with Crippen LogP contribution in [0.4, 0.5) is 5.69 Å². The normalized spacial score (nSPS) is 12.1. The molecule has 1 aromatic heterocycles. The van der Waals surface area contributed by atoms with Gasteiger partial charge in [-0.15, -0.1) is 11.3 Å². The van der Waals surface area contributed by atoms with Gasteiger partial charge in [0.05, 0.1) is 5.69 Å². The van der Waals surface area contributed by atoms with Gasteiger partial charge in [0.2, 0.25) is 0 Å². The van der Waals surface area contributed by atoms with E-state index in [1.807, 2.05) is 12.3 Å². The fourth-order valence-electron chi connectivity index (χ4n) is 2.60. The van der Waals surface area contributed by atoms with Gasteiger partial charge in [-0.3, -0.25) is 4.79 Å². The van der Waals surface area contributed by atoms with Crippen molar-refractivity contribution < 1.29 is 9.90 Å². The van der Waals surface area contributed by atoms with Crippen LogP contribution in [0.25, 0.3) is 0 Å². The van der Waals surface area contributed by atoms with Gasteiger partial charge < -0.3 is 10.0 Å². The second kappa shape index (κ2) is 10.1. The van der Waals surface area contributed by atoms with E-state index in [9.17, 15) is 9.90 Å². The molecule has 0 amide bonds. The van der Waals surface area contributed by atoms with Crippen molar-refractivity contribution in [3.05, 3.63) is 53.1 Å². The van der Waals surface area contributed by atoms with E-state index >= 15 is 0 Å². The summed E-state index contributed by atoms with van der Waals surface area (Å²) in [5.74, 6) is -0.323. The molecule has 0 atom stereocenters. The van der Waals surface area contributed by atoms with Crippen molar-refractivity contribution in [1.29, 1.82) is 0 Å². The van der Waals surface area contributed by atoms with Crippen LogP contribution in [0.3, 0.4) is 0 Å². The summed E-state index contributed by atoms with van der Waals surface area (Å²) in [5, 5.41) is 11.3. The molecule has 0 unspecified atom stereocenters. The van der Waals surface area contributed by atoms with Gasteiger partial charge in [0.1, 0.15) is 4.75 Å². The maximum atomic E-state index is 11.3. The summed E-state index contributed by atoms with van der Waals surface area (Å²) in [6.45, 7) is 11.6. The second-order valence-corrected chi connectivity index (χ2v) is 10.3. The Bertz CT molecular complexity index is 812. The van der Waals surface area contributed by atoms with Crippen LogP contribution in [-0.2, 0) is 11.2 Å². The van der Waals surface area contributed by atoms with Gasteiger partial charge in [-0.25, -0.2) is 4.98 Å². The minimum Gasteiger partial charge on any atom is -0.480 e. The highest BCUT2D eigenvalue weighted by Crippen LogP contribution is 2.34. The Morgan fingerprint density at radius 2 is 2.14 bits per heavy atom. The summed E-state index contributed by atoms with van der Waals surface area (Å²) in [6, 6.07) is 8.73. The first-order valence-corrected chi connectivity index (χ1v) is 11.3. The Hall–Kier alpha value is -1.79. The van der Waals surface area contributed by atoms with E-state index in [0.717, 1.165) is 29.5 Å². The Balaban J connectivity index is 2.08. The van der Waals surface area contributed by atoms with E-state index in [0.29, 0.717) is 5.92 Å². The zero-order valence-corrected chi connectivity index (χ0v) is 18.9. The van der Waals surface area contributed by atoms with E-state index < -0.39 is 10.7 Å². The monoisotopic (exact) mass is 418 g/mol. The SMILES string of the molecule is C/C=C/CN(CCc1csc(SC(C)(C)C(=O)O)n1)c1cccc(C(C)C)c1. The van der Waals surface area contributed by atoms with E-state index in [4.69, 9.17) is 0 Å². The molecule has 2 rings (SSSR count). The molecule has 1 N–H and O–H groups in total. The molecule has 28 heavy (non-hydrogen) atoms. The molecule has 1 heterocycles. The number of allylic oxidation sites excluding steroid dienone is 1. The highest BCUT2D eigenvalue weighted by Gasteiger charge is 2.29. The van der Waals surface area contributed by atoms with Crippen molar-refractivity contribution in [3.8, 4) is 0 Å². The van der Waals surface area contributed by atoms with E-state index in [2.05, 4.69) is 60.1 Å². The number of benzene rings is 1. The highest BCUT2D eigenvalue weighted by atomic mass is 32.2. The van der Waals surface area contributed by atoms with E-state index in [-0.39, 0.29) is 0 Å². The quantitative estimate of drug-likeness (QED) is 0.388. The van der Waals surface area contributed by atoms with Crippen LogP contribution in [0.15, 0.2) is 46.1 Å². The van der Waals surface area contributed by atoms with Crippen molar-refractivity contribution in [2.45, 2.75) is 56.0 Å². The summed E-state index contributed by atoms with van der Waals surface area (Å²) in [5.41, 5.74) is 3.58. The molecule has 0 fully saturated rings. The fraction of sp³-hybridized carbons (Fsp3) is 0.455. The average Bonchev–Trinajstić information content (AvgIpc) is 3.08. The van der Waals surface area contributed by atoms with Gasteiger partial charge in [0.15, 0.2) is 4.34 Å². The summed E-state index contributed by atoms with van der Waals surface area (Å²) in [7, 11) is 0. The maximum Gasteiger partial charge on any atom is 0.319 e. The third-order valence-corrected chi connectivity index (χ3v) is 6.66. The smallest absolute Gasteiger partial charge is 0.319 e. The zero-order valence-electron chi connectivity index (χ0n) is 17.3. The summed E-state index contributed by atoms with van der Waals surface area (Å²) >= 11 is 2.83. The maximum absolute atomic E-state index is 11.3. The first-order chi connectivity index (χ1) is 13.2. The number of anilines is 1. The number of rotatable bonds is 10. The van der Waals surface area contributed by atoms with Gasteiger partial charge >= 0.3 is 5.97 Å². The molecule has 0 saturated heterocycles. The fourth-order valence-corrected chi connectivity index (χ4v) is 4.83. The number of carboxylic acid groups (broad SMARTS) is 1. The van der Waals surface area contributed by atoms with Gasteiger partial charge in [0.25, 0.3) is 0 Å². The Kier molecular flexibility index (Phi) is 8.13. The first-order valence-electron chi connectivity index (χ1n) is 9.55. The molecule has 0 spiro atoms. The summed E-state index contributed by atoms with van der Waals surface area (Å²) < 4.78 is -0.0612. The third-order valence-electron chi connectivity index (χ3n) is 4.49. The molecule has 6 heteroatoms. The lowest BCUT2D eigenvalue weighted by Gasteiger charge is -2.24. The number of thiazole rings is 1. The molecule has 152 valence electrons. The minimum atomic E-state index is -0.871. The molecule has 0 saturated carbocycles. The van der Waals surface area contributed by atoms with Crippen LogP contribution in [0.1, 0.15) is 51.8 Å². The standard InChI is InChI=1S/C22H30N2O2S2/c1-6-7-12-24(19-10-8-9-17(14-19)16(2)3)13-11-18-15-27-21(23-18)28-22(4,5)20(25)26/h6-10,14-16H,11-13H2,1-5H3,(H,25,26)/b7-6+. The van der Waals surface area contributed by atoms with Crippen LogP contribution in [0.5, 0.6) is 0 Å². The Morgan fingerprint density at radius 3 is 2.79 bits per heavy atom. The van der Waals surface area contributed by atoms with Crippen molar-refractivity contribution >= 4 is 34.8 Å². The number of carboxylic acids is 1. The predicted molar refractivity (Wildman–Crippen MR) is 121 cm³/mol. The number of hydrogen-bond donors (Lipinski definition) is 1. The van der Waals surface area contributed by atoms with Crippen molar-refractivity contribution in [1.82, 2.24) is 4.98 Å². The molecule has 4 nitrogen and oxygen atoms in total. The largest absolute Gasteiger partial charge is 0.480 e.